The summed E-state index contributed by atoms with van der Waals surface area (Å²) in [5.74, 6) is 0.298. The van der Waals surface area contributed by atoms with Crippen LogP contribution in [0.25, 0.3) is 0 Å². The topological polar surface area (TPSA) is 81.4 Å². The van der Waals surface area contributed by atoms with E-state index in [9.17, 15) is 8.42 Å². The first-order valence-electron chi connectivity index (χ1n) is 5.96. The second-order valence-electron chi connectivity index (χ2n) is 4.09. The fourth-order valence-corrected chi connectivity index (χ4v) is 3.61. The van der Waals surface area contributed by atoms with Crippen LogP contribution in [0, 0.1) is 0 Å². The Morgan fingerprint density at radius 1 is 1.35 bits per heavy atom. The zero-order valence-electron chi connectivity index (χ0n) is 11.0. The largest absolute Gasteiger partial charge is 0.495 e. The molecule has 7 heteroatoms. The lowest BCUT2D eigenvalue weighted by Gasteiger charge is -2.11. The van der Waals surface area contributed by atoms with Crippen molar-refractivity contribution in [3.05, 3.63) is 46.2 Å². The van der Waals surface area contributed by atoms with Crippen molar-refractivity contribution in [2.24, 2.45) is 5.73 Å². The zero-order valence-corrected chi connectivity index (χ0v) is 12.6. The third kappa shape index (κ3) is 3.37. The van der Waals surface area contributed by atoms with Crippen LogP contribution in [0.2, 0.25) is 0 Å². The van der Waals surface area contributed by atoms with Gasteiger partial charge in [-0.2, -0.15) is 0 Å². The van der Waals surface area contributed by atoms with Crippen molar-refractivity contribution in [3.8, 4) is 5.75 Å². The van der Waals surface area contributed by atoms with E-state index in [-0.39, 0.29) is 11.4 Å². The number of ether oxygens (including phenoxy) is 1. The summed E-state index contributed by atoms with van der Waals surface area (Å²) in [6.45, 7) is 0.598. The zero-order chi connectivity index (χ0) is 14.6. The normalized spacial score (nSPS) is 11.5. The maximum atomic E-state index is 12.3. The summed E-state index contributed by atoms with van der Waals surface area (Å²) in [4.78, 5) is 1.07. The van der Waals surface area contributed by atoms with Gasteiger partial charge >= 0.3 is 0 Å². The molecule has 0 aliphatic carbocycles. The van der Waals surface area contributed by atoms with Gasteiger partial charge in [-0.15, -0.1) is 11.3 Å². The molecule has 0 aliphatic rings. The molecule has 0 atom stereocenters. The minimum absolute atomic E-state index is 0.119. The van der Waals surface area contributed by atoms with Crippen LogP contribution in [0.3, 0.4) is 0 Å². The Morgan fingerprint density at radius 2 is 2.15 bits per heavy atom. The Hall–Kier alpha value is -1.41. The maximum Gasteiger partial charge on any atom is 0.244 e. The molecule has 0 aliphatic heterocycles. The fourth-order valence-electron chi connectivity index (χ4n) is 1.72. The first-order valence-corrected chi connectivity index (χ1v) is 8.32. The lowest BCUT2D eigenvalue weighted by Crippen LogP contribution is -2.23. The molecule has 1 aromatic carbocycles. The highest BCUT2D eigenvalue weighted by Gasteiger charge is 2.19. The van der Waals surface area contributed by atoms with E-state index in [1.165, 1.54) is 24.5 Å². The summed E-state index contributed by atoms with van der Waals surface area (Å²) in [5.41, 5.74) is 6.35. The van der Waals surface area contributed by atoms with Crippen LogP contribution in [0.15, 0.2) is 40.6 Å². The van der Waals surface area contributed by atoms with Gasteiger partial charge in [-0.1, -0.05) is 12.1 Å². The van der Waals surface area contributed by atoms with Crippen molar-refractivity contribution in [1.29, 1.82) is 0 Å². The van der Waals surface area contributed by atoms with E-state index >= 15 is 0 Å². The molecule has 0 fully saturated rings. The van der Waals surface area contributed by atoms with Gasteiger partial charge in [-0.3, -0.25) is 0 Å². The summed E-state index contributed by atoms with van der Waals surface area (Å²) in [6, 6.07) is 8.59. The summed E-state index contributed by atoms with van der Waals surface area (Å²) in [6.07, 6.45) is 0. The summed E-state index contributed by atoms with van der Waals surface area (Å²) in [7, 11) is -2.17. The Bertz CT molecular complexity index is 667. The highest BCUT2D eigenvalue weighted by Crippen LogP contribution is 2.25. The average Bonchev–Trinajstić information content (AvgIpc) is 2.97. The molecule has 2 rings (SSSR count). The molecule has 5 nitrogen and oxygen atoms in total. The van der Waals surface area contributed by atoms with Gasteiger partial charge in [0.2, 0.25) is 10.0 Å². The van der Waals surface area contributed by atoms with Gasteiger partial charge < -0.3 is 10.5 Å². The van der Waals surface area contributed by atoms with Crippen molar-refractivity contribution in [3.63, 3.8) is 0 Å². The lowest BCUT2D eigenvalue weighted by atomic mass is 10.2. The Kier molecular flexibility index (Phi) is 4.77. The number of nitrogens with two attached hydrogens (primary N) is 1. The van der Waals surface area contributed by atoms with Crippen LogP contribution < -0.4 is 15.2 Å². The SMILES string of the molecule is COc1cc(CN)ccc1S(=O)(=O)NCc1cccs1. The highest BCUT2D eigenvalue weighted by atomic mass is 32.2. The maximum absolute atomic E-state index is 12.3. The molecule has 0 bridgehead atoms. The molecule has 0 radical (unpaired) electrons. The predicted molar refractivity (Wildman–Crippen MR) is 79.2 cm³/mol. The average molecular weight is 312 g/mol. The van der Waals surface area contributed by atoms with Gasteiger partial charge in [0.25, 0.3) is 0 Å². The summed E-state index contributed by atoms with van der Waals surface area (Å²) < 4.78 is 32.3. The van der Waals surface area contributed by atoms with Crippen molar-refractivity contribution >= 4 is 21.4 Å². The van der Waals surface area contributed by atoms with Crippen molar-refractivity contribution in [2.45, 2.75) is 18.0 Å². The quantitative estimate of drug-likeness (QED) is 0.850. The van der Waals surface area contributed by atoms with Gasteiger partial charge in [0.05, 0.1) is 7.11 Å². The Balaban J connectivity index is 2.24. The first-order chi connectivity index (χ1) is 9.56. The molecule has 108 valence electrons. The second-order valence-corrected chi connectivity index (χ2v) is 6.86. The number of sulfonamides is 1. The molecule has 0 unspecified atom stereocenters. The van der Waals surface area contributed by atoms with Gasteiger partial charge in [-0.05, 0) is 29.1 Å². The smallest absolute Gasteiger partial charge is 0.244 e. The number of hydrogen-bond acceptors (Lipinski definition) is 5. The number of hydrogen-bond donors (Lipinski definition) is 2. The van der Waals surface area contributed by atoms with Crippen LogP contribution in [0.1, 0.15) is 10.4 Å². The van der Waals surface area contributed by atoms with Gasteiger partial charge in [-0.25, -0.2) is 13.1 Å². The summed E-state index contributed by atoms with van der Waals surface area (Å²) in [5, 5.41) is 1.90. The molecule has 0 amide bonds. The molecule has 1 aromatic heterocycles. The molecular formula is C13H16N2O3S2. The van der Waals surface area contributed by atoms with Crippen LogP contribution >= 0.6 is 11.3 Å². The van der Waals surface area contributed by atoms with Crippen LogP contribution in [0.4, 0.5) is 0 Å². The molecule has 1 heterocycles. The third-order valence-electron chi connectivity index (χ3n) is 2.77. The monoisotopic (exact) mass is 312 g/mol. The van der Waals surface area contributed by atoms with E-state index in [2.05, 4.69) is 4.72 Å². The van der Waals surface area contributed by atoms with E-state index in [1.807, 2.05) is 17.5 Å². The number of methoxy groups -OCH3 is 1. The summed E-state index contributed by atoms with van der Waals surface area (Å²) >= 11 is 1.50. The standard InChI is InChI=1S/C13H16N2O3S2/c1-18-12-7-10(8-14)4-5-13(12)20(16,17)15-9-11-3-2-6-19-11/h2-7,15H,8-9,14H2,1H3. The van der Waals surface area contributed by atoms with Gasteiger partial charge in [0.15, 0.2) is 0 Å². The Morgan fingerprint density at radius 3 is 2.75 bits per heavy atom. The lowest BCUT2D eigenvalue weighted by molar-refractivity contribution is 0.401. The van der Waals surface area contributed by atoms with Crippen LogP contribution in [-0.4, -0.2) is 15.5 Å². The second kappa shape index (κ2) is 6.36. The van der Waals surface area contributed by atoms with Crippen molar-refractivity contribution in [2.75, 3.05) is 7.11 Å². The first kappa shape index (κ1) is 15.0. The van der Waals surface area contributed by atoms with Gasteiger partial charge in [0.1, 0.15) is 10.6 Å². The number of thiophene rings is 1. The molecular weight excluding hydrogens is 296 g/mol. The Labute approximate surface area is 122 Å². The van der Waals surface area contributed by atoms with Gasteiger partial charge in [0, 0.05) is 18.0 Å². The fraction of sp³-hybridized carbons (Fsp3) is 0.231. The van der Waals surface area contributed by atoms with Crippen molar-refractivity contribution < 1.29 is 13.2 Å². The minimum atomic E-state index is -3.61. The number of nitrogens with one attached hydrogen (secondary N) is 1. The van der Waals surface area contributed by atoms with Crippen LogP contribution in [-0.2, 0) is 23.1 Å². The molecule has 2 aromatic rings. The molecule has 3 N–H and O–H groups in total. The molecule has 0 saturated heterocycles. The van der Waals surface area contributed by atoms with E-state index in [4.69, 9.17) is 10.5 Å². The molecule has 20 heavy (non-hydrogen) atoms. The third-order valence-corrected chi connectivity index (χ3v) is 5.09. The highest BCUT2D eigenvalue weighted by molar-refractivity contribution is 7.89. The number of benzene rings is 1. The number of rotatable bonds is 6. The van der Waals surface area contributed by atoms with Crippen LogP contribution in [0.5, 0.6) is 5.75 Å². The molecule has 0 saturated carbocycles. The van der Waals surface area contributed by atoms with E-state index in [0.29, 0.717) is 12.3 Å². The molecule has 0 spiro atoms. The van der Waals surface area contributed by atoms with E-state index < -0.39 is 10.0 Å². The van der Waals surface area contributed by atoms with E-state index in [0.717, 1.165) is 10.4 Å². The van der Waals surface area contributed by atoms with Crippen molar-refractivity contribution in [1.82, 2.24) is 4.72 Å². The minimum Gasteiger partial charge on any atom is -0.495 e. The van der Waals surface area contributed by atoms with E-state index in [1.54, 1.807) is 12.1 Å². The predicted octanol–water partition coefficient (Wildman–Crippen LogP) is 1.69.